The molecular formula is C13H21N3O4. The minimum atomic E-state index is -0.589. The van der Waals surface area contributed by atoms with Crippen LogP contribution >= 0.6 is 0 Å². The topological polar surface area (TPSA) is 77.6 Å². The number of nitrogens with zero attached hydrogens (tertiary/aromatic N) is 3. The summed E-state index contributed by atoms with van der Waals surface area (Å²) in [5, 5.41) is 3.89. The van der Waals surface area contributed by atoms with E-state index in [2.05, 4.69) is 5.10 Å². The molecule has 1 atom stereocenters. The summed E-state index contributed by atoms with van der Waals surface area (Å²) in [7, 11) is 0. The van der Waals surface area contributed by atoms with Crippen LogP contribution in [0.1, 0.15) is 32.1 Å². The fourth-order valence-electron chi connectivity index (χ4n) is 2.49. The van der Waals surface area contributed by atoms with E-state index in [0.29, 0.717) is 19.8 Å². The Morgan fingerprint density at radius 3 is 2.95 bits per heavy atom. The summed E-state index contributed by atoms with van der Waals surface area (Å²) in [6, 6.07) is 0.0971. The Labute approximate surface area is 117 Å². The minimum Gasteiger partial charge on any atom is -0.393 e. The molecular weight excluding hydrogens is 262 g/mol. The quantitative estimate of drug-likeness (QED) is 0.789. The average molecular weight is 283 g/mol. The van der Waals surface area contributed by atoms with Crippen LogP contribution in [0.2, 0.25) is 0 Å². The Balaban J connectivity index is 2.02. The molecule has 1 amide bonds. The zero-order valence-electron chi connectivity index (χ0n) is 12.0. The van der Waals surface area contributed by atoms with Gasteiger partial charge in [0.25, 0.3) is 0 Å². The lowest BCUT2D eigenvalue weighted by Crippen LogP contribution is -2.48. The molecule has 0 spiro atoms. The van der Waals surface area contributed by atoms with E-state index in [-0.39, 0.29) is 24.4 Å². The van der Waals surface area contributed by atoms with Gasteiger partial charge in [-0.2, -0.15) is 4.68 Å². The van der Waals surface area contributed by atoms with E-state index >= 15 is 0 Å². The van der Waals surface area contributed by atoms with Gasteiger partial charge < -0.3 is 14.1 Å². The molecule has 7 nitrogen and oxygen atoms in total. The molecule has 0 N–H and O–H groups in total. The maximum absolute atomic E-state index is 12.3. The second-order valence-electron chi connectivity index (χ2n) is 4.94. The summed E-state index contributed by atoms with van der Waals surface area (Å²) in [5.74, 6) is -0.425. The predicted molar refractivity (Wildman–Crippen MR) is 71.3 cm³/mol. The number of carbonyl (C=O) groups is 1. The van der Waals surface area contributed by atoms with Crippen LogP contribution in [-0.4, -0.2) is 46.4 Å². The first kappa shape index (κ1) is 14.8. The van der Waals surface area contributed by atoms with Gasteiger partial charge in [-0.05, 0) is 26.2 Å². The van der Waals surface area contributed by atoms with Crippen LogP contribution in [0.5, 0.6) is 0 Å². The van der Waals surface area contributed by atoms with Crippen molar-refractivity contribution >= 4 is 5.91 Å². The zero-order valence-corrected chi connectivity index (χ0v) is 12.0. The number of aryl methyl sites for hydroxylation is 1. The minimum absolute atomic E-state index is 0.0706. The van der Waals surface area contributed by atoms with Gasteiger partial charge in [-0.15, -0.1) is 5.10 Å². The standard InChI is InChI=1S/C13H21N3O4/c1-3-19-9-11-6-4-5-7-15(11)12(17)8-16-13(18)20-10(2)14-16/h11H,3-9H2,1-2H3. The number of hydrogen-bond donors (Lipinski definition) is 0. The van der Waals surface area contributed by atoms with E-state index in [1.165, 1.54) is 0 Å². The number of hydrogen-bond acceptors (Lipinski definition) is 5. The molecule has 0 bridgehead atoms. The lowest BCUT2D eigenvalue weighted by molar-refractivity contribution is -0.137. The number of aromatic nitrogens is 2. The second kappa shape index (κ2) is 6.69. The first-order valence-electron chi connectivity index (χ1n) is 7.03. The predicted octanol–water partition coefficient (Wildman–Crippen LogP) is 0.562. The maximum Gasteiger partial charge on any atom is 0.437 e. The molecule has 7 heteroatoms. The summed E-state index contributed by atoms with van der Waals surface area (Å²) in [6.07, 6.45) is 3.03. The van der Waals surface area contributed by atoms with Gasteiger partial charge in [-0.3, -0.25) is 4.79 Å². The van der Waals surface area contributed by atoms with Gasteiger partial charge in [0, 0.05) is 20.1 Å². The van der Waals surface area contributed by atoms with Crippen molar-refractivity contribution < 1.29 is 13.9 Å². The molecule has 1 aromatic rings. The van der Waals surface area contributed by atoms with Crippen LogP contribution in [0.25, 0.3) is 0 Å². The van der Waals surface area contributed by atoms with Crippen molar-refractivity contribution in [3.05, 3.63) is 16.4 Å². The molecule has 20 heavy (non-hydrogen) atoms. The van der Waals surface area contributed by atoms with Crippen molar-refractivity contribution in [2.75, 3.05) is 19.8 Å². The number of likely N-dealkylation sites (tertiary alicyclic amines) is 1. The summed E-state index contributed by atoms with van der Waals surface area (Å²) >= 11 is 0. The van der Waals surface area contributed by atoms with E-state index in [9.17, 15) is 9.59 Å². The molecule has 0 aromatic carbocycles. The molecule has 1 fully saturated rings. The van der Waals surface area contributed by atoms with E-state index in [4.69, 9.17) is 9.15 Å². The van der Waals surface area contributed by atoms with E-state index in [0.717, 1.165) is 23.9 Å². The Hall–Kier alpha value is -1.63. The zero-order chi connectivity index (χ0) is 14.5. The Morgan fingerprint density at radius 2 is 2.30 bits per heavy atom. The SMILES string of the molecule is CCOCC1CCCCN1C(=O)Cn1nc(C)oc1=O. The van der Waals surface area contributed by atoms with Gasteiger partial charge in [0.05, 0.1) is 12.6 Å². The average Bonchev–Trinajstić information content (AvgIpc) is 2.75. The Kier molecular flexibility index (Phi) is 4.94. The first-order chi connectivity index (χ1) is 9.61. The molecule has 2 heterocycles. The lowest BCUT2D eigenvalue weighted by atomic mass is 10.0. The third kappa shape index (κ3) is 3.47. The molecule has 2 rings (SSSR count). The number of amides is 1. The van der Waals surface area contributed by atoms with Crippen molar-refractivity contribution in [2.24, 2.45) is 0 Å². The molecule has 1 aliphatic heterocycles. The fourth-order valence-corrected chi connectivity index (χ4v) is 2.49. The van der Waals surface area contributed by atoms with Crippen LogP contribution in [-0.2, 0) is 16.1 Å². The van der Waals surface area contributed by atoms with Crippen molar-refractivity contribution in [3.8, 4) is 0 Å². The molecule has 1 aromatic heterocycles. The number of carbonyl (C=O) groups excluding carboxylic acids is 1. The van der Waals surface area contributed by atoms with Crippen molar-refractivity contribution in [2.45, 2.75) is 45.7 Å². The van der Waals surface area contributed by atoms with Gasteiger partial charge in [0.1, 0.15) is 6.54 Å². The first-order valence-corrected chi connectivity index (χ1v) is 7.03. The molecule has 1 saturated heterocycles. The van der Waals surface area contributed by atoms with Gasteiger partial charge in [-0.1, -0.05) is 0 Å². The number of ether oxygens (including phenoxy) is 1. The van der Waals surface area contributed by atoms with E-state index in [1.807, 2.05) is 6.92 Å². The second-order valence-corrected chi connectivity index (χ2v) is 4.94. The number of piperidine rings is 1. The van der Waals surface area contributed by atoms with Crippen molar-refractivity contribution in [1.82, 2.24) is 14.7 Å². The third-order valence-corrected chi connectivity index (χ3v) is 3.45. The van der Waals surface area contributed by atoms with E-state index < -0.39 is 5.76 Å². The van der Waals surface area contributed by atoms with E-state index in [1.54, 1.807) is 11.8 Å². The highest BCUT2D eigenvalue weighted by atomic mass is 16.5. The fraction of sp³-hybridized carbons (Fsp3) is 0.769. The van der Waals surface area contributed by atoms with Gasteiger partial charge in [0.15, 0.2) is 0 Å². The van der Waals surface area contributed by atoms with Crippen LogP contribution in [0.15, 0.2) is 9.21 Å². The largest absolute Gasteiger partial charge is 0.437 e. The van der Waals surface area contributed by atoms with Crippen LogP contribution < -0.4 is 5.76 Å². The number of rotatable bonds is 5. The van der Waals surface area contributed by atoms with Crippen LogP contribution in [0.3, 0.4) is 0 Å². The molecule has 112 valence electrons. The maximum atomic E-state index is 12.3. The Morgan fingerprint density at radius 1 is 1.50 bits per heavy atom. The normalized spacial score (nSPS) is 19.3. The molecule has 0 radical (unpaired) electrons. The lowest BCUT2D eigenvalue weighted by Gasteiger charge is -2.35. The summed E-state index contributed by atoms with van der Waals surface area (Å²) in [4.78, 5) is 25.6. The highest BCUT2D eigenvalue weighted by Gasteiger charge is 2.27. The summed E-state index contributed by atoms with van der Waals surface area (Å²) < 4.78 is 11.3. The van der Waals surface area contributed by atoms with Crippen LogP contribution in [0.4, 0.5) is 0 Å². The molecule has 1 aliphatic rings. The Bertz CT molecular complexity index is 508. The van der Waals surface area contributed by atoms with Gasteiger partial charge in [-0.25, -0.2) is 4.79 Å². The van der Waals surface area contributed by atoms with Crippen molar-refractivity contribution in [3.63, 3.8) is 0 Å². The highest BCUT2D eigenvalue weighted by Crippen LogP contribution is 2.17. The monoisotopic (exact) mass is 283 g/mol. The van der Waals surface area contributed by atoms with Crippen LogP contribution in [0, 0.1) is 6.92 Å². The smallest absolute Gasteiger partial charge is 0.393 e. The highest BCUT2D eigenvalue weighted by molar-refractivity contribution is 5.76. The molecule has 1 unspecified atom stereocenters. The third-order valence-electron chi connectivity index (χ3n) is 3.45. The van der Waals surface area contributed by atoms with Gasteiger partial charge in [0.2, 0.25) is 11.8 Å². The molecule has 0 saturated carbocycles. The molecule has 0 aliphatic carbocycles. The summed E-state index contributed by atoms with van der Waals surface area (Å²) in [6.45, 7) is 5.35. The van der Waals surface area contributed by atoms with Crippen molar-refractivity contribution in [1.29, 1.82) is 0 Å². The summed E-state index contributed by atoms with van der Waals surface area (Å²) in [5.41, 5.74) is 0. The van der Waals surface area contributed by atoms with Gasteiger partial charge >= 0.3 is 5.76 Å².